The van der Waals surface area contributed by atoms with E-state index < -0.39 is 0 Å². The molecule has 0 fully saturated rings. The van der Waals surface area contributed by atoms with Crippen molar-refractivity contribution in [2.75, 3.05) is 20.3 Å². The topological polar surface area (TPSA) is 60.3 Å². The van der Waals surface area contributed by atoms with Gasteiger partial charge in [0.1, 0.15) is 6.54 Å². The van der Waals surface area contributed by atoms with Gasteiger partial charge in [0.25, 0.3) is 0 Å². The van der Waals surface area contributed by atoms with Crippen LogP contribution in [0.3, 0.4) is 0 Å². The summed E-state index contributed by atoms with van der Waals surface area (Å²) < 4.78 is 6.85. The van der Waals surface area contributed by atoms with Crippen LogP contribution in [0.25, 0.3) is 10.9 Å². The SMILES string of the molecule is CCc1cccc2c(C(C)=O)cn(CC(=O)NCCCOC)c12. The van der Waals surface area contributed by atoms with Crippen molar-refractivity contribution in [2.24, 2.45) is 0 Å². The standard InChI is InChI=1S/C18H24N2O3/c1-4-14-7-5-8-15-16(13(2)21)11-20(18(14)15)12-17(22)19-9-6-10-23-3/h5,7-8,11H,4,6,9-10,12H2,1-3H3,(H,19,22). The first-order valence-electron chi connectivity index (χ1n) is 7.95. The number of carbonyl (C=O) groups excluding carboxylic acids is 2. The van der Waals surface area contributed by atoms with Gasteiger partial charge in [0.15, 0.2) is 5.78 Å². The number of carbonyl (C=O) groups is 2. The molecule has 0 atom stereocenters. The number of fused-ring (bicyclic) bond motifs is 1. The molecule has 2 rings (SSSR count). The predicted octanol–water partition coefficient (Wildman–Crippen LogP) is 2.56. The Bertz CT molecular complexity index is 704. The molecule has 1 aromatic carbocycles. The Kier molecular flexibility index (Phi) is 5.93. The minimum absolute atomic E-state index is 0.0162. The molecule has 1 amide bonds. The summed E-state index contributed by atoms with van der Waals surface area (Å²) in [6.07, 6.45) is 3.43. The molecule has 5 nitrogen and oxygen atoms in total. The summed E-state index contributed by atoms with van der Waals surface area (Å²) in [5.41, 5.74) is 2.79. The molecule has 0 unspecified atom stereocenters. The van der Waals surface area contributed by atoms with Gasteiger partial charge < -0.3 is 14.6 Å². The minimum Gasteiger partial charge on any atom is -0.385 e. The lowest BCUT2D eigenvalue weighted by molar-refractivity contribution is -0.121. The third kappa shape index (κ3) is 3.99. The molecule has 124 valence electrons. The highest BCUT2D eigenvalue weighted by molar-refractivity contribution is 6.07. The number of nitrogens with zero attached hydrogens (tertiary/aromatic N) is 1. The molecule has 1 heterocycles. The Morgan fingerprint density at radius 2 is 2.09 bits per heavy atom. The van der Waals surface area contributed by atoms with E-state index in [-0.39, 0.29) is 18.2 Å². The Morgan fingerprint density at radius 1 is 1.30 bits per heavy atom. The molecule has 0 saturated carbocycles. The van der Waals surface area contributed by atoms with Crippen LogP contribution in [-0.4, -0.2) is 36.5 Å². The summed E-state index contributed by atoms with van der Waals surface area (Å²) in [5, 5.41) is 3.80. The summed E-state index contributed by atoms with van der Waals surface area (Å²) in [5.74, 6) is -0.0403. The van der Waals surface area contributed by atoms with Crippen LogP contribution in [0, 0.1) is 0 Å². The van der Waals surface area contributed by atoms with Crippen molar-refractivity contribution in [3.05, 3.63) is 35.5 Å². The van der Waals surface area contributed by atoms with Crippen LogP contribution < -0.4 is 5.32 Å². The maximum Gasteiger partial charge on any atom is 0.239 e. The molecule has 0 aliphatic heterocycles. The number of benzene rings is 1. The molecule has 0 aliphatic rings. The van der Waals surface area contributed by atoms with E-state index in [9.17, 15) is 9.59 Å². The maximum absolute atomic E-state index is 12.1. The molecule has 0 radical (unpaired) electrons. The number of aryl methyl sites for hydroxylation is 1. The average molecular weight is 316 g/mol. The van der Waals surface area contributed by atoms with Crippen LogP contribution in [0.15, 0.2) is 24.4 Å². The molecule has 2 aromatic rings. The first kappa shape index (κ1) is 17.2. The predicted molar refractivity (Wildman–Crippen MR) is 90.8 cm³/mol. The van der Waals surface area contributed by atoms with E-state index in [0.717, 1.165) is 29.3 Å². The average Bonchev–Trinajstić information content (AvgIpc) is 2.90. The second kappa shape index (κ2) is 7.92. The fraction of sp³-hybridized carbons (Fsp3) is 0.444. The van der Waals surface area contributed by atoms with Crippen LogP contribution in [-0.2, 0) is 22.5 Å². The number of para-hydroxylation sites is 1. The molecule has 1 aromatic heterocycles. The molecule has 0 saturated heterocycles. The van der Waals surface area contributed by atoms with Gasteiger partial charge in [0, 0.05) is 37.4 Å². The second-order valence-electron chi connectivity index (χ2n) is 5.59. The normalized spacial score (nSPS) is 10.9. The number of amides is 1. The van der Waals surface area contributed by atoms with E-state index in [4.69, 9.17) is 4.74 Å². The van der Waals surface area contributed by atoms with Crippen LogP contribution in [0.4, 0.5) is 0 Å². The first-order valence-corrected chi connectivity index (χ1v) is 7.95. The van der Waals surface area contributed by atoms with E-state index >= 15 is 0 Å². The Balaban J connectivity index is 2.26. The number of hydrogen-bond donors (Lipinski definition) is 1. The molecule has 23 heavy (non-hydrogen) atoms. The van der Waals surface area contributed by atoms with Gasteiger partial charge in [0.05, 0.1) is 5.52 Å². The minimum atomic E-state index is -0.0565. The van der Waals surface area contributed by atoms with Crippen LogP contribution in [0.2, 0.25) is 0 Å². The molecule has 0 aliphatic carbocycles. The van der Waals surface area contributed by atoms with Gasteiger partial charge in [-0.05, 0) is 25.3 Å². The lowest BCUT2D eigenvalue weighted by atomic mass is 10.1. The number of ketones is 1. The first-order chi connectivity index (χ1) is 11.1. The summed E-state index contributed by atoms with van der Waals surface area (Å²) in [7, 11) is 1.64. The fourth-order valence-electron chi connectivity index (χ4n) is 2.78. The summed E-state index contributed by atoms with van der Waals surface area (Å²) in [6, 6.07) is 5.94. The van der Waals surface area contributed by atoms with E-state index in [1.54, 1.807) is 20.2 Å². The van der Waals surface area contributed by atoms with Crippen LogP contribution in [0.5, 0.6) is 0 Å². The van der Waals surface area contributed by atoms with E-state index in [0.29, 0.717) is 18.7 Å². The largest absolute Gasteiger partial charge is 0.385 e. The Labute approximate surface area is 136 Å². The van der Waals surface area contributed by atoms with Gasteiger partial charge in [-0.15, -0.1) is 0 Å². The van der Waals surface area contributed by atoms with E-state index in [1.807, 2.05) is 22.8 Å². The van der Waals surface area contributed by atoms with Crippen LogP contribution in [0.1, 0.15) is 36.2 Å². The molecule has 1 N–H and O–H groups in total. The molecular formula is C18H24N2O3. The molecule has 0 spiro atoms. The number of aromatic nitrogens is 1. The second-order valence-corrected chi connectivity index (χ2v) is 5.59. The lowest BCUT2D eigenvalue weighted by Gasteiger charge is -2.09. The third-order valence-electron chi connectivity index (χ3n) is 3.90. The highest BCUT2D eigenvalue weighted by Crippen LogP contribution is 2.25. The van der Waals surface area contributed by atoms with Gasteiger partial charge in [-0.3, -0.25) is 9.59 Å². The van der Waals surface area contributed by atoms with Crippen molar-refractivity contribution in [1.82, 2.24) is 9.88 Å². The van der Waals surface area contributed by atoms with Crippen molar-refractivity contribution in [3.63, 3.8) is 0 Å². The van der Waals surface area contributed by atoms with Gasteiger partial charge in [-0.25, -0.2) is 0 Å². The highest BCUT2D eigenvalue weighted by Gasteiger charge is 2.15. The number of Topliss-reactive ketones (excluding diaryl/α,β-unsaturated/α-hetero) is 1. The van der Waals surface area contributed by atoms with E-state index in [2.05, 4.69) is 12.2 Å². The van der Waals surface area contributed by atoms with Gasteiger partial charge in [0.2, 0.25) is 5.91 Å². The van der Waals surface area contributed by atoms with Gasteiger partial charge in [-0.1, -0.05) is 25.1 Å². The zero-order valence-electron chi connectivity index (χ0n) is 14.0. The maximum atomic E-state index is 12.1. The quantitative estimate of drug-likeness (QED) is 0.601. The van der Waals surface area contributed by atoms with Crippen molar-refractivity contribution < 1.29 is 14.3 Å². The number of nitrogens with one attached hydrogen (secondary N) is 1. The molecular weight excluding hydrogens is 292 g/mol. The highest BCUT2D eigenvalue weighted by atomic mass is 16.5. The Morgan fingerprint density at radius 3 is 2.74 bits per heavy atom. The number of rotatable bonds is 8. The molecule has 0 bridgehead atoms. The summed E-state index contributed by atoms with van der Waals surface area (Å²) >= 11 is 0. The number of ether oxygens (including phenoxy) is 1. The smallest absolute Gasteiger partial charge is 0.239 e. The zero-order valence-corrected chi connectivity index (χ0v) is 14.0. The van der Waals surface area contributed by atoms with Gasteiger partial charge in [-0.2, -0.15) is 0 Å². The lowest BCUT2D eigenvalue weighted by Crippen LogP contribution is -2.28. The summed E-state index contributed by atoms with van der Waals surface area (Å²) in [6.45, 7) is 5.06. The van der Waals surface area contributed by atoms with Crippen molar-refractivity contribution >= 4 is 22.6 Å². The zero-order chi connectivity index (χ0) is 16.8. The summed E-state index contributed by atoms with van der Waals surface area (Å²) in [4.78, 5) is 24.0. The van der Waals surface area contributed by atoms with Crippen molar-refractivity contribution in [1.29, 1.82) is 0 Å². The fourth-order valence-corrected chi connectivity index (χ4v) is 2.78. The Hall–Kier alpha value is -2.14. The van der Waals surface area contributed by atoms with Crippen LogP contribution >= 0.6 is 0 Å². The van der Waals surface area contributed by atoms with E-state index in [1.165, 1.54) is 0 Å². The monoisotopic (exact) mass is 316 g/mol. The van der Waals surface area contributed by atoms with Crippen molar-refractivity contribution in [2.45, 2.75) is 33.2 Å². The van der Waals surface area contributed by atoms with Crippen molar-refractivity contribution in [3.8, 4) is 0 Å². The number of hydrogen-bond acceptors (Lipinski definition) is 3. The third-order valence-corrected chi connectivity index (χ3v) is 3.90. The van der Waals surface area contributed by atoms with Gasteiger partial charge >= 0.3 is 0 Å². The number of methoxy groups -OCH3 is 1. The molecule has 5 heteroatoms.